The summed E-state index contributed by atoms with van der Waals surface area (Å²) in [5.41, 5.74) is 0.647. The molecule has 0 aliphatic carbocycles. The molecule has 1 heterocycles. The van der Waals surface area contributed by atoms with Crippen LogP contribution < -0.4 is 10.6 Å². The van der Waals surface area contributed by atoms with Crippen molar-refractivity contribution in [2.75, 3.05) is 5.32 Å². The van der Waals surface area contributed by atoms with Crippen LogP contribution in [0, 0.1) is 11.2 Å². The molecule has 0 saturated heterocycles. The van der Waals surface area contributed by atoms with E-state index in [2.05, 4.69) is 57.2 Å². The summed E-state index contributed by atoms with van der Waals surface area (Å²) in [5, 5.41) is 6.47. The maximum absolute atomic E-state index is 14.4. The summed E-state index contributed by atoms with van der Waals surface area (Å²) in [5.74, 6) is 0.0704. The first-order valence-corrected chi connectivity index (χ1v) is 7.15. The van der Waals surface area contributed by atoms with Crippen molar-refractivity contribution in [2.24, 2.45) is 5.41 Å². The van der Waals surface area contributed by atoms with Crippen LogP contribution in [0.15, 0.2) is 12.3 Å². The van der Waals surface area contributed by atoms with Gasteiger partial charge in [-0.05, 0) is 39.2 Å². The Morgan fingerprint density at radius 2 is 1.80 bits per heavy atom. The Labute approximate surface area is 122 Å². The highest BCUT2D eigenvalue weighted by atomic mass is 19.1. The minimum atomic E-state index is -0.264. The van der Waals surface area contributed by atoms with E-state index in [1.54, 1.807) is 12.3 Å². The van der Waals surface area contributed by atoms with Crippen LogP contribution in [0.5, 0.6) is 0 Å². The average Bonchev–Trinajstić information content (AvgIpc) is 2.27. The van der Waals surface area contributed by atoms with E-state index >= 15 is 0 Å². The molecule has 1 rings (SSSR count). The van der Waals surface area contributed by atoms with Gasteiger partial charge in [0.15, 0.2) is 11.6 Å². The van der Waals surface area contributed by atoms with Gasteiger partial charge in [0.05, 0.1) is 0 Å². The smallest absolute Gasteiger partial charge is 0.169 e. The fourth-order valence-electron chi connectivity index (χ4n) is 1.50. The van der Waals surface area contributed by atoms with Gasteiger partial charge in [0.25, 0.3) is 0 Å². The van der Waals surface area contributed by atoms with E-state index in [4.69, 9.17) is 0 Å². The van der Waals surface area contributed by atoms with Gasteiger partial charge in [0.2, 0.25) is 0 Å². The Kier molecular flexibility index (Phi) is 5.14. The average molecular weight is 281 g/mol. The van der Waals surface area contributed by atoms with Gasteiger partial charge >= 0.3 is 0 Å². The fraction of sp³-hybridized carbons (Fsp3) is 0.688. The van der Waals surface area contributed by atoms with Crippen LogP contribution in [-0.2, 0) is 6.54 Å². The fourth-order valence-corrected chi connectivity index (χ4v) is 1.50. The molecular formula is C16H28FN3. The van der Waals surface area contributed by atoms with E-state index in [9.17, 15) is 4.39 Å². The Balaban J connectivity index is 2.85. The van der Waals surface area contributed by atoms with Gasteiger partial charge in [-0.2, -0.15) is 0 Å². The van der Waals surface area contributed by atoms with E-state index in [-0.39, 0.29) is 22.8 Å². The summed E-state index contributed by atoms with van der Waals surface area (Å²) < 4.78 is 14.4. The lowest BCUT2D eigenvalue weighted by Crippen LogP contribution is -2.35. The number of halogens is 1. The van der Waals surface area contributed by atoms with E-state index < -0.39 is 0 Å². The number of hydrogen-bond acceptors (Lipinski definition) is 3. The maximum atomic E-state index is 14.4. The van der Waals surface area contributed by atoms with Gasteiger partial charge in [-0.15, -0.1) is 0 Å². The monoisotopic (exact) mass is 281 g/mol. The van der Waals surface area contributed by atoms with Crippen molar-refractivity contribution in [3.8, 4) is 0 Å². The minimum absolute atomic E-state index is 0.0397. The molecule has 0 saturated carbocycles. The van der Waals surface area contributed by atoms with Crippen molar-refractivity contribution in [2.45, 2.75) is 66.6 Å². The van der Waals surface area contributed by atoms with Crippen LogP contribution in [0.2, 0.25) is 0 Å². The Morgan fingerprint density at radius 3 is 2.30 bits per heavy atom. The van der Waals surface area contributed by atoms with Crippen LogP contribution in [0.1, 0.15) is 54.0 Å². The Hall–Kier alpha value is -1.16. The molecule has 1 unspecified atom stereocenters. The third-order valence-electron chi connectivity index (χ3n) is 3.43. The zero-order valence-electron chi connectivity index (χ0n) is 13.8. The topological polar surface area (TPSA) is 37.0 Å². The molecule has 0 aromatic carbocycles. The predicted octanol–water partition coefficient (Wildman–Crippen LogP) is 3.96. The molecule has 0 bridgehead atoms. The van der Waals surface area contributed by atoms with Crippen LogP contribution in [0.25, 0.3) is 0 Å². The highest BCUT2D eigenvalue weighted by molar-refractivity contribution is 5.41. The molecule has 20 heavy (non-hydrogen) atoms. The SMILES string of the molecule is CC(Nc1nccc(CNC(C)(C)C)c1F)C(C)(C)C. The van der Waals surface area contributed by atoms with Crippen LogP contribution in [-0.4, -0.2) is 16.6 Å². The summed E-state index contributed by atoms with van der Waals surface area (Å²) in [6.07, 6.45) is 1.65. The summed E-state index contributed by atoms with van der Waals surface area (Å²) in [4.78, 5) is 4.12. The summed E-state index contributed by atoms with van der Waals surface area (Å²) in [6.45, 7) is 15.1. The predicted molar refractivity (Wildman–Crippen MR) is 83.3 cm³/mol. The lowest BCUT2D eigenvalue weighted by Gasteiger charge is -2.29. The molecule has 1 atom stereocenters. The quantitative estimate of drug-likeness (QED) is 0.877. The second-order valence-corrected chi connectivity index (χ2v) is 7.47. The molecule has 0 radical (unpaired) electrons. The van der Waals surface area contributed by atoms with Crippen molar-refractivity contribution in [1.29, 1.82) is 0 Å². The number of hydrogen-bond donors (Lipinski definition) is 2. The largest absolute Gasteiger partial charge is 0.365 e. The number of nitrogens with zero attached hydrogens (tertiary/aromatic N) is 1. The molecule has 4 heteroatoms. The minimum Gasteiger partial charge on any atom is -0.365 e. The van der Waals surface area contributed by atoms with Gasteiger partial charge < -0.3 is 10.6 Å². The molecule has 0 spiro atoms. The molecule has 0 amide bonds. The molecule has 0 aliphatic heterocycles. The molecule has 2 N–H and O–H groups in total. The number of aromatic nitrogens is 1. The second-order valence-electron chi connectivity index (χ2n) is 7.47. The molecule has 0 aliphatic rings. The highest BCUT2D eigenvalue weighted by Crippen LogP contribution is 2.24. The third-order valence-corrected chi connectivity index (χ3v) is 3.43. The maximum Gasteiger partial charge on any atom is 0.169 e. The number of rotatable bonds is 4. The summed E-state index contributed by atoms with van der Waals surface area (Å²) >= 11 is 0. The molecule has 1 aromatic heterocycles. The van der Waals surface area contributed by atoms with Crippen molar-refractivity contribution < 1.29 is 4.39 Å². The third kappa shape index (κ3) is 5.08. The highest BCUT2D eigenvalue weighted by Gasteiger charge is 2.22. The lowest BCUT2D eigenvalue weighted by molar-refractivity contribution is 0.357. The lowest BCUT2D eigenvalue weighted by atomic mass is 9.88. The van der Waals surface area contributed by atoms with Crippen molar-refractivity contribution in [3.63, 3.8) is 0 Å². The number of pyridine rings is 1. The Morgan fingerprint density at radius 1 is 1.20 bits per heavy atom. The second kappa shape index (κ2) is 6.08. The first-order valence-electron chi connectivity index (χ1n) is 7.15. The molecule has 114 valence electrons. The van der Waals surface area contributed by atoms with Gasteiger partial charge in [-0.25, -0.2) is 9.37 Å². The van der Waals surface area contributed by atoms with Gasteiger partial charge in [0.1, 0.15) is 0 Å². The van der Waals surface area contributed by atoms with Crippen molar-refractivity contribution in [1.82, 2.24) is 10.3 Å². The van der Waals surface area contributed by atoms with E-state index in [0.29, 0.717) is 17.9 Å². The summed E-state index contributed by atoms with van der Waals surface area (Å²) in [7, 11) is 0. The molecule has 0 fully saturated rings. The Bertz CT molecular complexity index is 444. The normalized spacial score (nSPS) is 14.2. The van der Waals surface area contributed by atoms with Gasteiger partial charge in [-0.3, -0.25) is 0 Å². The van der Waals surface area contributed by atoms with Gasteiger partial charge in [0, 0.05) is 29.9 Å². The molecule has 3 nitrogen and oxygen atoms in total. The molecular weight excluding hydrogens is 253 g/mol. The molecule has 1 aromatic rings. The van der Waals surface area contributed by atoms with Crippen LogP contribution in [0.3, 0.4) is 0 Å². The standard InChI is InChI=1S/C16H28FN3/c1-11(15(2,3)4)20-14-13(17)12(8-9-18-14)10-19-16(5,6)7/h8-9,11,19H,10H2,1-7H3,(H,18,20). The number of nitrogens with one attached hydrogen (secondary N) is 2. The number of anilines is 1. The summed E-state index contributed by atoms with van der Waals surface area (Å²) in [6, 6.07) is 1.86. The van der Waals surface area contributed by atoms with E-state index in [0.717, 1.165) is 0 Å². The first-order chi connectivity index (χ1) is 9.00. The van der Waals surface area contributed by atoms with Crippen LogP contribution in [0.4, 0.5) is 10.2 Å². The first kappa shape index (κ1) is 16.9. The van der Waals surface area contributed by atoms with E-state index in [1.165, 1.54) is 0 Å². The van der Waals surface area contributed by atoms with Gasteiger partial charge in [-0.1, -0.05) is 20.8 Å². The van der Waals surface area contributed by atoms with Crippen molar-refractivity contribution in [3.05, 3.63) is 23.6 Å². The van der Waals surface area contributed by atoms with Crippen molar-refractivity contribution >= 4 is 5.82 Å². The zero-order valence-corrected chi connectivity index (χ0v) is 13.8. The zero-order chi connectivity index (χ0) is 15.6. The van der Waals surface area contributed by atoms with E-state index in [1.807, 2.05) is 6.92 Å². The van der Waals surface area contributed by atoms with Crippen LogP contribution >= 0.6 is 0 Å².